The van der Waals surface area contributed by atoms with Crippen LogP contribution in [0.1, 0.15) is 11.7 Å². The minimum Gasteiger partial charge on any atom is -0.496 e. The topological polar surface area (TPSA) is 206 Å². The minimum absolute atomic E-state index is 0.130. The number of hydrogen-bond acceptors (Lipinski definition) is 11. The molecule has 1 saturated heterocycles. The van der Waals surface area contributed by atoms with Gasteiger partial charge in [-0.05, 0) is 23.8 Å². The Bertz CT molecular complexity index is 1670. The number of thioether (sulfide) groups is 2. The van der Waals surface area contributed by atoms with E-state index in [-0.39, 0.29) is 28.4 Å². The van der Waals surface area contributed by atoms with Crippen molar-refractivity contribution in [1.29, 1.82) is 0 Å². The number of nitrogens with zero attached hydrogens (tertiary/aromatic N) is 5. The highest BCUT2D eigenvalue weighted by Gasteiger charge is 2.54. The number of ether oxygens (including phenoxy) is 1. The number of carbonyl (C=O) groups excluding carboxylic acids is 2. The van der Waals surface area contributed by atoms with E-state index in [0.717, 1.165) is 25.9 Å². The standard InChI is InChI=1S/C24H22N6O9S2/c1-39-13-5-3-2-4-12(13)19(33)20(34)25-17-21(35)29-18(23(36)37)11(10-41-22(17)29)9-40-15-7-6-14-26-28(8-16(31)32)24(38)30(14)27-15/h2-7,17,19,22,33H,8-10H2,1H3,(H,25,34)(H,31,32)(H,36,37)/t17?,19-,22-/m1/s1. The lowest BCUT2D eigenvalue weighted by Crippen LogP contribution is -2.70. The molecule has 214 valence electrons. The van der Waals surface area contributed by atoms with Crippen LogP contribution in [0.4, 0.5) is 0 Å². The van der Waals surface area contributed by atoms with Crippen LogP contribution in [0.25, 0.3) is 5.65 Å². The summed E-state index contributed by atoms with van der Waals surface area (Å²) in [5.74, 6) is -3.32. The molecular formula is C24H22N6O9S2. The molecule has 41 heavy (non-hydrogen) atoms. The van der Waals surface area contributed by atoms with Crippen LogP contribution in [-0.2, 0) is 25.7 Å². The molecule has 3 aromatic rings. The molecule has 5 rings (SSSR count). The molecule has 1 unspecified atom stereocenters. The lowest BCUT2D eigenvalue weighted by molar-refractivity contribution is -0.151. The molecule has 0 radical (unpaired) electrons. The van der Waals surface area contributed by atoms with Crippen LogP contribution in [0.5, 0.6) is 5.75 Å². The van der Waals surface area contributed by atoms with E-state index < -0.39 is 53.5 Å². The largest absolute Gasteiger partial charge is 0.496 e. The number of carboxylic acid groups (broad SMARTS) is 2. The first-order valence-electron chi connectivity index (χ1n) is 11.9. The van der Waals surface area contributed by atoms with Gasteiger partial charge >= 0.3 is 17.6 Å². The normalized spacial score (nSPS) is 19.0. The Hall–Kier alpha value is -4.35. The van der Waals surface area contributed by atoms with Gasteiger partial charge in [0.05, 0.1) is 7.11 Å². The molecule has 2 amide bonds. The van der Waals surface area contributed by atoms with Gasteiger partial charge in [-0.25, -0.2) is 9.59 Å². The van der Waals surface area contributed by atoms with Gasteiger partial charge in [0.1, 0.15) is 34.4 Å². The number of methoxy groups -OCH3 is 1. The molecule has 1 aromatic carbocycles. The van der Waals surface area contributed by atoms with Crippen molar-refractivity contribution >= 4 is 52.9 Å². The van der Waals surface area contributed by atoms with Crippen LogP contribution < -0.4 is 15.7 Å². The van der Waals surface area contributed by atoms with Gasteiger partial charge in [0, 0.05) is 17.1 Å². The summed E-state index contributed by atoms with van der Waals surface area (Å²) in [6.07, 6.45) is -1.60. The summed E-state index contributed by atoms with van der Waals surface area (Å²) < 4.78 is 6.90. The second-order valence-electron chi connectivity index (χ2n) is 8.86. The number of hydrogen-bond donors (Lipinski definition) is 4. The Balaban J connectivity index is 1.29. The van der Waals surface area contributed by atoms with Crippen molar-refractivity contribution in [3.8, 4) is 5.75 Å². The van der Waals surface area contributed by atoms with Gasteiger partial charge in [-0.2, -0.15) is 14.3 Å². The predicted molar refractivity (Wildman–Crippen MR) is 143 cm³/mol. The number of fused-ring (bicyclic) bond motifs is 2. The SMILES string of the molecule is COc1ccccc1[C@@H](O)C(=O)NC1C(=O)N2C(C(=O)O)=C(CSc3ccc4nn(CC(=O)O)c(=O)n4n3)CS[C@H]12. The van der Waals surface area contributed by atoms with Gasteiger partial charge in [-0.15, -0.1) is 28.6 Å². The number of nitrogens with one attached hydrogen (secondary N) is 1. The Morgan fingerprint density at radius 2 is 1.93 bits per heavy atom. The van der Waals surface area contributed by atoms with Crippen molar-refractivity contribution in [3.05, 3.63) is 63.7 Å². The van der Waals surface area contributed by atoms with Crippen molar-refractivity contribution in [2.75, 3.05) is 18.6 Å². The Morgan fingerprint density at radius 3 is 2.63 bits per heavy atom. The first kappa shape index (κ1) is 28.2. The van der Waals surface area contributed by atoms with Crippen LogP contribution in [0.2, 0.25) is 0 Å². The van der Waals surface area contributed by atoms with E-state index in [1.807, 2.05) is 0 Å². The number of aliphatic hydroxyl groups is 1. The van der Waals surface area contributed by atoms with Gasteiger partial charge in [-0.1, -0.05) is 18.2 Å². The van der Waals surface area contributed by atoms with Crippen LogP contribution >= 0.6 is 23.5 Å². The maximum absolute atomic E-state index is 13.0. The summed E-state index contributed by atoms with van der Waals surface area (Å²) >= 11 is 2.39. The lowest BCUT2D eigenvalue weighted by atomic mass is 10.0. The third-order valence-corrected chi connectivity index (χ3v) is 8.67. The highest BCUT2D eigenvalue weighted by molar-refractivity contribution is 8.01. The highest BCUT2D eigenvalue weighted by atomic mass is 32.2. The number of amides is 2. The zero-order valence-corrected chi connectivity index (χ0v) is 22.8. The molecule has 15 nitrogen and oxygen atoms in total. The third-order valence-electron chi connectivity index (χ3n) is 6.32. The summed E-state index contributed by atoms with van der Waals surface area (Å²) in [5.41, 5.74) is -0.124. The number of β-lactam (4-membered cyclic amide) rings is 1. The van der Waals surface area contributed by atoms with Crippen molar-refractivity contribution in [1.82, 2.24) is 29.6 Å². The number of aliphatic carboxylic acids is 2. The second kappa shape index (κ2) is 11.3. The van der Waals surface area contributed by atoms with Crippen LogP contribution in [0, 0.1) is 0 Å². The molecule has 0 saturated carbocycles. The van der Waals surface area contributed by atoms with E-state index in [2.05, 4.69) is 15.5 Å². The van der Waals surface area contributed by atoms with Gasteiger partial charge in [0.2, 0.25) is 0 Å². The fraction of sp³-hybridized carbons (Fsp3) is 0.292. The Morgan fingerprint density at radius 1 is 1.17 bits per heavy atom. The summed E-state index contributed by atoms with van der Waals surface area (Å²) in [7, 11) is 1.40. The quantitative estimate of drug-likeness (QED) is 0.172. The van der Waals surface area contributed by atoms with Crippen molar-refractivity contribution in [2.45, 2.75) is 29.1 Å². The number of rotatable bonds is 10. The summed E-state index contributed by atoms with van der Waals surface area (Å²) in [6.45, 7) is -0.622. The smallest absolute Gasteiger partial charge is 0.367 e. The summed E-state index contributed by atoms with van der Waals surface area (Å²) in [5, 5.41) is 39.7. The van der Waals surface area contributed by atoms with Gasteiger partial charge in [-0.3, -0.25) is 19.3 Å². The van der Waals surface area contributed by atoms with Gasteiger partial charge in [0.25, 0.3) is 11.8 Å². The predicted octanol–water partition coefficient (Wildman–Crippen LogP) is -0.451. The zero-order chi connectivity index (χ0) is 29.4. The number of carboxylic acids is 2. The number of para-hydroxylation sites is 1. The Kier molecular flexibility index (Phi) is 7.74. The average Bonchev–Trinajstić information content (AvgIpc) is 3.26. The number of benzene rings is 1. The minimum atomic E-state index is -1.60. The van der Waals surface area contributed by atoms with Crippen LogP contribution in [0.15, 0.2) is 57.5 Å². The fourth-order valence-corrected chi connectivity index (χ4v) is 6.76. The molecule has 3 atom stereocenters. The monoisotopic (exact) mass is 602 g/mol. The maximum Gasteiger partial charge on any atom is 0.367 e. The zero-order valence-electron chi connectivity index (χ0n) is 21.2. The molecule has 1 fully saturated rings. The fourth-order valence-electron chi connectivity index (χ4n) is 4.42. The van der Waals surface area contributed by atoms with Gasteiger partial charge < -0.3 is 25.4 Å². The molecule has 4 N–H and O–H groups in total. The summed E-state index contributed by atoms with van der Waals surface area (Å²) in [6, 6.07) is 8.43. The van der Waals surface area contributed by atoms with E-state index in [1.54, 1.807) is 24.3 Å². The second-order valence-corrected chi connectivity index (χ2v) is 11.0. The molecule has 4 heterocycles. The van der Waals surface area contributed by atoms with Crippen molar-refractivity contribution < 1.29 is 39.2 Å². The van der Waals surface area contributed by atoms with Crippen LogP contribution in [-0.4, -0.2) is 93.4 Å². The molecule has 2 aromatic heterocycles. The first-order chi connectivity index (χ1) is 19.6. The molecule has 2 aliphatic heterocycles. The molecule has 0 spiro atoms. The van der Waals surface area contributed by atoms with E-state index in [4.69, 9.17) is 9.84 Å². The van der Waals surface area contributed by atoms with Gasteiger partial charge in [0.15, 0.2) is 11.8 Å². The number of aliphatic hydroxyl groups excluding tert-OH is 1. The van der Waals surface area contributed by atoms with Crippen molar-refractivity contribution in [3.63, 3.8) is 0 Å². The molecule has 2 aliphatic rings. The Labute approximate surface area is 238 Å². The average molecular weight is 603 g/mol. The first-order valence-corrected chi connectivity index (χ1v) is 14.0. The summed E-state index contributed by atoms with van der Waals surface area (Å²) in [4.78, 5) is 62.4. The number of carbonyl (C=O) groups is 4. The lowest BCUT2D eigenvalue weighted by Gasteiger charge is -2.49. The molecule has 17 heteroatoms. The molecule has 0 bridgehead atoms. The highest BCUT2D eigenvalue weighted by Crippen LogP contribution is 2.41. The maximum atomic E-state index is 13.0. The van der Waals surface area contributed by atoms with E-state index in [0.29, 0.717) is 16.3 Å². The number of aromatic nitrogens is 4. The van der Waals surface area contributed by atoms with E-state index >= 15 is 0 Å². The van der Waals surface area contributed by atoms with E-state index in [1.165, 1.54) is 31.0 Å². The van der Waals surface area contributed by atoms with Crippen LogP contribution in [0.3, 0.4) is 0 Å². The van der Waals surface area contributed by atoms with Crippen molar-refractivity contribution in [2.24, 2.45) is 0 Å². The van der Waals surface area contributed by atoms with E-state index in [9.17, 15) is 34.2 Å². The molecule has 0 aliphatic carbocycles. The molecular weight excluding hydrogens is 580 g/mol. The third kappa shape index (κ3) is 5.25.